The van der Waals surface area contributed by atoms with Crippen LogP contribution >= 0.6 is 23.1 Å². The van der Waals surface area contributed by atoms with E-state index in [0.717, 1.165) is 44.2 Å². The lowest BCUT2D eigenvalue weighted by molar-refractivity contribution is -0.130. The van der Waals surface area contributed by atoms with Gasteiger partial charge in [-0.25, -0.2) is 0 Å². The number of thioether (sulfide) groups is 1. The van der Waals surface area contributed by atoms with Crippen LogP contribution in [0.5, 0.6) is 0 Å². The maximum atomic E-state index is 12.4. The van der Waals surface area contributed by atoms with Gasteiger partial charge >= 0.3 is 0 Å². The molecule has 0 aromatic carbocycles. The molecule has 0 aliphatic carbocycles. The van der Waals surface area contributed by atoms with E-state index in [1.165, 1.54) is 17.9 Å². The third-order valence-electron chi connectivity index (χ3n) is 4.24. The molecule has 3 rings (SSSR count). The van der Waals surface area contributed by atoms with Crippen molar-refractivity contribution in [2.75, 3.05) is 37.7 Å². The second-order valence-corrected chi connectivity index (χ2v) is 7.53. The highest BCUT2D eigenvalue weighted by Crippen LogP contribution is 2.23. The van der Waals surface area contributed by atoms with Gasteiger partial charge in [0.25, 0.3) is 0 Å². The highest BCUT2D eigenvalue weighted by molar-refractivity contribution is 7.99. The molecule has 1 unspecified atom stereocenters. The molecular weight excluding hydrogens is 288 g/mol. The Kier molecular flexibility index (Phi) is 5.02. The molecule has 1 amide bonds. The Bertz CT molecular complexity index is 429. The first-order chi connectivity index (χ1) is 9.83. The molecule has 0 N–H and O–H groups in total. The van der Waals surface area contributed by atoms with E-state index in [1.54, 1.807) is 11.3 Å². The summed E-state index contributed by atoms with van der Waals surface area (Å²) in [4.78, 5) is 17.0. The molecule has 1 aromatic heterocycles. The van der Waals surface area contributed by atoms with Crippen LogP contribution in [0.2, 0.25) is 0 Å². The minimum atomic E-state index is 0.297. The Hall–Kier alpha value is -0.520. The van der Waals surface area contributed by atoms with Gasteiger partial charge in [0.15, 0.2) is 0 Å². The molecule has 1 atom stereocenters. The summed E-state index contributed by atoms with van der Waals surface area (Å²) in [5.74, 6) is 2.89. The van der Waals surface area contributed by atoms with Crippen molar-refractivity contribution < 1.29 is 4.79 Å². The third kappa shape index (κ3) is 3.57. The highest BCUT2D eigenvalue weighted by atomic mass is 32.2. The highest BCUT2D eigenvalue weighted by Gasteiger charge is 2.26. The summed E-state index contributed by atoms with van der Waals surface area (Å²) >= 11 is 3.74. The molecule has 5 heteroatoms. The maximum Gasteiger partial charge on any atom is 0.227 e. The first-order valence-corrected chi connectivity index (χ1v) is 9.53. The zero-order chi connectivity index (χ0) is 13.8. The van der Waals surface area contributed by atoms with Crippen LogP contribution in [0.25, 0.3) is 0 Å². The fourth-order valence-corrected chi connectivity index (χ4v) is 4.97. The molecular formula is C15H22N2OS2. The van der Waals surface area contributed by atoms with Crippen molar-refractivity contribution in [3.05, 3.63) is 22.4 Å². The minimum absolute atomic E-state index is 0.297. The van der Waals surface area contributed by atoms with Gasteiger partial charge in [0.05, 0.1) is 6.42 Å². The molecule has 0 spiro atoms. The Labute approximate surface area is 129 Å². The van der Waals surface area contributed by atoms with E-state index in [2.05, 4.69) is 33.0 Å². The van der Waals surface area contributed by atoms with Gasteiger partial charge in [0.1, 0.15) is 0 Å². The Balaban J connectivity index is 1.52. The molecule has 20 heavy (non-hydrogen) atoms. The van der Waals surface area contributed by atoms with Crippen molar-refractivity contribution in [3.8, 4) is 0 Å². The van der Waals surface area contributed by atoms with Crippen molar-refractivity contribution in [1.82, 2.24) is 9.80 Å². The van der Waals surface area contributed by atoms with Crippen LogP contribution in [0.4, 0.5) is 0 Å². The predicted octanol–water partition coefficient (Wildman–Crippen LogP) is 2.33. The predicted molar refractivity (Wildman–Crippen MR) is 86.5 cm³/mol. The van der Waals surface area contributed by atoms with Gasteiger partial charge < -0.3 is 4.90 Å². The molecule has 110 valence electrons. The first-order valence-electron chi connectivity index (χ1n) is 7.43. The Morgan fingerprint density at radius 3 is 3.00 bits per heavy atom. The molecule has 2 aliphatic rings. The fourth-order valence-electron chi connectivity index (χ4n) is 3.04. The standard InChI is InChI=1S/C15H22N2OS2/c18-15(10-13-2-8-19-11-13)17-5-1-4-16(6-7-17)14-3-9-20-12-14/h2,8,11,14H,1,3-7,9-10,12H2. The van der Waals surface area contributed by atoms with E-state index in [4.69, 9.17) is 0 Å². The molecule has 0 bridgehead atoms. The smallest absolute Gasteiger partial charge is 0.227 e. The van der Waals surface area contributed by atoms with Crippen molar-refractivity contribution >= 4 is 29.0 Å². The SMILES string of the molecule is O=C(Cc1ccsc1)N1CCCN(C2CCSC2)CC1. The topological polar surface area (TPSA) is 23.6 Å². The number of amides is 1. The average molecular weight is 310 g/mol. The monoisotopic (exact) mass is 310 g/mol. The summed E-state index contributed by atoms with van der Waals surface area (Å²) in [5.41, 5.74) is 1.16. The zero-order valence-electron chi connectivity index (χ0n) is 11.8. The van der Waals surface area contributed by atoms with Gasteiger partial charge in [-0.15, -0.1) is 0 Å². The number of thiophene rings is 1. The quantitative estimate of drug-likeness (QED) is 0.856. The normalized spacial score (nSPS) is 24.8. The van der Waals surface area contributed by atoms with Crippen LogP contribution in [0.15, 0.2) is 16.8 Å². The van der Waals surface area contributed by atoms with Gasteiger partial charge in [0, 0.05) is 38.0 Å². The van der Waals surface area contributed by atoms with Crippen LogP contribution in [0, 0.1) is 0 Å². The summed E-state index contributed by atoms with van der Waals surface area (Å²) in [6.45, 7) is 4.05. The van der Waals surface area contributed by atoms with E-state index >= 15 is 0 Å². The lowest BCUT2D eigenvalue weighted by Crippen LogP contribution is -2.39. The van der Waals surface area contributed by atoms with Crippen LogP contribution in [-0.4, -0.2) is 59.4 Å². The average Bonchev–Trinajstić information content (AvgIpc) is 3.09. The lowest BCUT2D eigenvalue weighted by atomic mass is 10.2. The third-order valence-corrected chi connectivity index (χ3v) is 6.12. The minimum Gasteiger partial charge on any atom is -0.341 e. The summed E-state index contributed by atoms with van der Waals surface area (Å²) in [7, 11) is 0. The molecule has 1 aromatic rings. The van der Waals surface area contributed by atoms with E-state index in [0.29, 0.717) is 12.3 Å². The van der Waals surface area contributed by atoms with Gasteiger partial charge in [-0.3, -0.25) is 9.69 Å². The van der Waals surface area contributed by atoms with Crippen LogP contribution in [0.1, 0.15) is 18.4 Å². The summed E-state index contributed by atoms with van der Waals surface area (Å²) in [5, 5.41) is 4.13. The van der Waals surface area contributed by atoms with Crippen LogP contribution in [0.3, 0.4) is 0 Å². The zero-order valence-corrected chi connectivity index (χ0v) is 13.4. The number of nitrogens with zero attached hydrogens (tertiary/aromatic N) is 2. The second-order valence-electron chi connectivity index (χ2n) is 5.60. The fraction of sp³-hybridized carbons (Fsp3) is 0.667. The van der Waals surface area contributed by atoms with E-state index in [9.17, 15) is 4.79 Å². The second kappa shape index (κ2) is 6.96. The molecule has 3 nitrogen and oxygen atoms in total. The number of carbonyl (C=O) groups is 1. The van der Waals surface area contributed by atoms with Crippen molar-refractivity contribution in [2.24, 2.45) is 0 Å². The van der Waals surface area contributed by atoms with Crippen molar-refractivity contribution in [3.63, 3.8) is 0 Å². The van der Waals surface area contributed by atoms with E-state index in [-0.39, 0.29) is 0 Å². The van der Waals surface area contributed by atoms with Crippen LogP contribution in [-0.2, 0) is 11.2 Å². The molecule has 2 aliphatic heterocycles. The molecule has 0 saturated carbocycles. The molecule has 2 fully saturated rings. The molecule has 0 radical (unpaired) electrons. The number of carbonyl (C=O) groups excluding carboxylic acids is 1. The lowest BCUT2D eigenvalue weighted by Gasteiger charge is -2.26. The van der Waals surface area contributed by atoms with Crippen molar-refractivity contribution in [1.29, 1.82) is 0 Å². The summed E-state index contributed by atoms with van der Waals surface area (Å²) in [6, 6.07) is 2.81. The number of hydrogen-bond donors (Lipinski definition) is 0. The largest absolute Gasteiger partial charge is 0.341 e. The van der Waals surface area contributed by atoms with E-state index < -0.39 is 0 Å². The van der Waals surface area contributed by atoms with Crippen LogP contribution < -0.4 is 0 Å². The van der Waals surface area contributed by atoms with Gasteiger partial charge in [0.2, 0.25) is 5.91 Å². The molecule has 2 saturated heterocycles. The van der Waals surface area contributed by atoms with Gasteiger partial charge in [-0.05, 0) is 41.0 Å². The van der Waals surface area contributed by atoms with Gasteiger partial charge in [-0.1, -0.05) is 0 Å². The number of rotatable bonds is 3. The molecule has 3 heterocycles. The Morgan fingerprint density at radius 1 is 1.30 bits per heavy atom. The summed E-state index contributed by atoms with van der Waals surface area (Å²) in [6.07, 6.45) is 3.02. The van der Waals surface area contributed by atoms with Crippen molar-refractivity contribution in [2.45, 2.75) is 25.3 Å². The van der Waals surface area contributed by atoms with Gasteiger partial charge in [-0.2, -0.15) is 23.1 Å². The first kappa shape index (κ1) is 14.4. The Morgan fingerprint density at radius 2 is 2.25 bits per heavy atom. The summed E-state index contributed by atoms with van der Waals surface area (Å²) < 4.78 is 0. The number of hydrogen-bond acceptors (Lipinski definition) is 4. The van der Waals surface area contributed by atoms with E-state index in [1.807, 2.05) is 5.38 Å². The maximum absolute atomic E-state index is 12.4.